The predicted molar refractivity (Wildman–Crippen MR) is 27.7 cm³/mol. The van der Waals surface area contributed by atoms with E-state index >= 15 is 0 Å². The molecule has 0 fully saturated rings. The molecule has 6 heteroatoms. The van der Waals surface area contributed by atoms with E-state index in [-0.39, 0.29) is 0 Å². The van der Waals surface area contributed by atoms with Crippen LogP contribution >= 0.6 is 11.6 Å². The molecule has 0 aliphatic carbocycles. The van der Waals surface area contributed by atoms with Gasteiger partial charge in [-0.25, -0.2) is 4.18 Å². The Morgan fingerprint density at radius 1 is 1.62 bits per heavy atom. The van der Waals surface area contributed by atoms with Gasteiger partial charge in [-0.05, 0) is 0 Å². The third kappa shape index (κ3) is 3.20. The highest BCUT2D eigenvalue weighted by Crippen LogP contribution is 1.92. The summed E-state index contributed by atoms with van der Waals surface area (Å²) >= 11 is 4.88. The molecule has 0 saturated heterocycles. The second kappa shape index (κ2) is 3.24. The number of hydrogen-bond donors (Lipinski definition) is 0. The molecule has 0 amide bonds. The van der Waals surface area contributed by atoms with Gasteiger partial charge in [-0.15, -0.1) is 0 Å². The maximum absolute atomic E-state index is 10.1. The Morgan fingerprint density at radius 3 is 2.25 bits per heavy atom. The first-order valence-corrected chi connectivity index (χ1v) is 3.50. The Balaban J connectivity index is 3.76. The van der Waals surface area contributed by atoms with Gasteiger partial charge in [0.1, 0.15) is 6.07 Å². The summed E-state index contributed by atoms with van der Waals surface area (Å²) in [6.45, 7) is 0. The molecular formula is C2H5ClO4S. The van der Waals surface area contributed by atoms with E-state index in [1.165, 1.54) is 0 Å². The number of alkyl halides is 1. The number of rotatable bonds is 3. The predicted octanol–water partition coefficient (Wildman–Crippen LogP) is 0.0905. The minimum atomic E-state index is -3.80. The van der Waals surface area contributed by atoms with Gasteiger partial charge in [0, 0.05) is 0 Å². The summed E-state index contributed by atoms with van der Waals surface area (Å²) in [4.78, 5) is 0. The van der Waals surface area contributed by atoms with Crippen molar-refractivity contribution in [1.29, 1.82) is 0 Å². The Kier molecular flexibility index (Phi) is 3.30. The lowest BCUT2D eigenvalue weighted by molar-refractivity contribution is 0.275. The first-order chi connectivity index (χ1) is 3.62. The Labute approximate surface area is 52.7 Å². The van der Waals surface area contributed by atoms with Crippen LogP contribution in [0, 0.1) is 0 Å². The van der Waals surface area contributed by atoms with Crippen LogP contribution in [-0.4, -0.2) is 21.6 Å². The molecular weight excluding hydrogens is 156 g/mol. The summed E-state index contributed by atoms with van der Waals surface area (Å²) in [5.74, 6) is 0. The van der Waals surface area contributed by atoms with Crippen LogP contribution in [-0.2, 0) is 18.8 Å². The SMILES string of the molecule is COS(=O)(=O)OCCl. The number of halogens is 1. The van der Waals surface area contributed by atoms with Crippen LogP contribution in [0.4, 0.5) is 0 Å². The van der Waals surface area contributed by atoms with E-state index in [0.29, 0.717) is 0 Å². The summed E-state index contributed by atoms with van der Waals surface area (Å²) in [5, 5.41) is 0. The van der Waals surface area contributed by atoms with Gasteiger partial charge in [0.2, 0.25) is 0 Å². The van der Waals surface area contributed by atoms with Crippen molar-refractivity contribution in [2.75, 3.05) is 13.2 Å². The van der Waals surface area contributed by atoms with Crippen LogP contribution in [0.15, 0.2) is 0 Å². The quantitative estimate of drug-likeness (QED) is 0.549. The smallest absolute Gasteiger partial charge is 0.252 e. The molecule has 4 nitrogen and oxygen atoms in total. The molecule has 0 rings (SSSR count). The lowest BCUT2D eigenvalue weighted by Crippen LogP contribution is -2.05. The van der Waals surface area contributed by atoms with Crippen molar-refractivity contribution in [3.8, 4) is 0 Å². The highest BCUT2D eigenvalue weighted by atomic mass is 35.5. The van der Waals surface area contributed by atoms with Crippen LogP contribution in [0.2, 0.25) is 0 Å². The third-order valence-electron chi connectivity index (χ3n) is 0.393. The van der Waals surface area contributed by atoms with Crippen molar-refractivity contribution in [1.82, 2.24) is 0 Å². The fraction of sp³-hybridized carbons (Fsp3) is 1.00. The van der Waals surface area contributed by atoms with Crippen molar-refractivity contribution >= 4 is 22.0 Å². The van der Waals surface area contributed by atoms with Gasteiger partial charge in [-0.3, -0.25) is 4.18 Å². The first-order valence-electron chi connectivity index (χ1n) is 1.63. The summed E-state index contributed by atoms with van der Waals surface area (Å²) < 4.78 is 27.9. The van der Waals surface area contributed by atoms with Crippen molar-refractivity contribution in [2.45, 2.75) is 0 Å². The molecule has 0 saturated carbocycles. The third-order valence-corrected chi connectivity index (χ3v) is 1.45. The van der Waals surface area contributed by atoms with E-state index in [2.05, 4.69) is 8.37 Å². The average Bonchev–Trinajstić information content (AvgIpc) is 1.67. The molecule has 8 heavy (non-hydrogen) atoms. The highest BCUT2D eigenvalue weighted by molar-refractivity contribution is 7.81. The molecule has 0 aliphatic heterocycles. The van der Waals surface area contributed by atoms with Gasteiger partial charge in [0.15, 0.2) is 0 Å². The molecule has 0 bridgehead atoms. The molecule has 0 aliphatic rings. The minimum Gasteiger partial charge on any atom is -0.252 e. The molecule has 0 aromatic carbocycles. The minimum absolute atomic E-state index is 0.420. The Hall–Kier alpha value is 0.160. The molecule has 50 valence electrons. The Bertz CT molecular complexity index is 138. The number of hydrogen-bond acceptors (Lipinski definition) is 4. The normalized spacial score (nSPS) is 11.8. The second-order valence-electron chi connectivity index (χ2n) is 0.802. The summed E-state index contributed by atoms with van der Waals surface area (Å²) in [5.41, 5.74) is 0. The zero-order valence-corrected chi connectivity index (χ0v) is 5.70. The second-order valence-corrected chi connectivity index (χ2v) is 2.41. The first kappa shape index (κ1) is 8.16. The molecule has 0 atom stereocenters. The molecule has 0 N–H and O–H groups in total. The van der Waals surface area contributed by atoms with Crippen LogP contribution in [0.25, 0.3) is 0 Å². The molecule has 0 spiro atoms. The zero-order valence-electron chi connectivity index (χ0n) is 4.13. The maximum atomic E-state index is 10.1. The summed E-state index contributed by atoms with van der Waals surface area (Å²) in [6.07, 6.45) is 0. The van der Waals surface area contributed by atoms with E-state index < -0.39 is 16.5 Å². The Morgan fingerprint density at radius 2 is 2.12 bits per heavy atom. The van der Waals surface area contributed by atoms with Gasteiger partial charge >= 0.3 is 10.4 Å². The van der Waals surface area contributed by atoms with Gasteiger partial charge < -0.3 is 0 Å². The lowest BCUT2D eigenvalue weighted by Gasteiger charge is -1.94. The van der Waals surface area contributed by atoms with Crippen LogP contribution < -0.4 is 0 Å². The van der Waals surface area contributed by atoms with E-state index in [1.54, 1.807) is 0 Å². The van der Waals surface area contributed by atoms with E-state index in [9.17, 15) is 8.42 Å². The topological polar surface area (TPSA) is 52.6 Å². The molecule has 0 radical (unpaired) electrons. The van der Waals surface area contributed by atoms with Gasteiger partial charge in [-0.1, -0.05) is 11.6 Å². The van der Waals surface area contributed by atoms with E-state index in [1.807, 2.05) is 0 Å². The lowest BCUT2D eigenvalue weighted by atomic mass is 11.7. The van der Waals surface area contributed by atoms with Crippen molar-refractivity contribution < 1.29 is 16.8 Å². The molecule has 0 heterocycles. The standard InChI is InChI=1S/C2H5ClO4S/c1-6-8(4,5)7-2-3/h2H2,1H3. The van der Waals surface area contributed by atoms with Crippen molar-refractivity contribution in [3.05, 3.63) is 0 Å². The van der Waals surface area contributed by atoms with E-state index in [4.69, 9.17) is 11.6 Å². The van der Waals surface area contributed by atoms with Gasteiger partial charge in [0.25, 0.3) is 0 Å². The largest absolute Gasteiger partial charge is 0.400 e. The highest BCUT2D eigenvalue weighted by Gasteiger charge is 2.05. The van der Waals surface area contributed by atoms with Gasteiger partial charge in [-0.2, -0.15) is 8.42 Å². The van der Waals surface area contributed by atoms with Crippen molar-refractivity contribution in [2.24, 2.45) is 0 Å². The summed E-state index contributed by atoms with van der Waals surface area (Å²) in [6, 6.07) is -0.420. The average molecular weight is 161 g/mol. The molecule has 0 aromatic rings. The molecule has 0 aromatic heterocycles. The van der Waals surface area contributed by atoms with Crippen LogP contribution in [0.5, 0.6) is 0 Å². The molecule has 0 unspecified atom stereocenters. The zero-order chi connectivity index (χ0) is 6.62. The van der Waals surface area contributed by atoms with Crippen LogP contribution in [0.3, 0.4) is 0 Å². The summed E-state index contributed by atoms with van der Waals surface area (Å²) in [7, 11) is -2.81. The van der Waals surface area contributed by atoms with Gasteiger partial charge in [0.05, 0.1) is 7.11 Å². The van der Waals surface area contributed by atoms with Crippen molar-refractivity contribution in [3.63, 3.8) is 0 Å². The van der Waals surface area contributed by atoms with Crippen LogP contribution in [0.1, 0.15) is 0 Å². The monoisotopic (exact) mass is 160 g/mol. The fourth-order valence-corrected chi connectivity index (χ4v) is 0.635. The fourth-order valence-electron chi connectivity index (χ4n) is 0.103. The maximum Gasteiger partial charge on any atom is 0.400 e. The van der Waals surface area contributed by atoms with E-state index in [0.717, 1.165) is 7.11 Å².